The van der Waals surface area contributed by atoms with Gasteiger partial charge in [-0.05, 0) is 6.42 Å². The Balaban J connectivity index is 3.51. The molecule has 0 aliphatic carbocycles. The topological polar surface area (TPSA) is 60.2 Å². The smallest absolute Gasteiger partial charge is 0.211 e. The molecule has 3 nitrogen and oxygen atoms in total. The average molecular weight is 143 g/mol. The minimum atomic E-state index is -0.572. The number of nitrogens with two attached hydrogens (primary N) is 1. The van der Waals surface area contributed by atoms with Crippen molar-refractivity contribution >= 4 is 12.1 Å². The SMILES string of the molecule is CCCCC(N)C(=O)C=O. The summed E-state index contributed by atoms with van der Waals surface area (Å²) >= 11 is 0. The first kappa shape index (κ1) is 9.30. The third-order valence-corrected chi connectivity index (χ3v) is 1.35. The highest BCUT2D eigenvalue weighted by Gasteiger charge is 2.09. The van der Waals surface area contributed by atoms with Gasteiger partial charge in [0, 0.05) is 0 Å². The molecule has 3 heteroatoms. The highest BCUT2D eigenvalue weighted by molar-refractivity contribution is 6.27. The maximum absolute atomic E-state index is 10.5. The van der Waals surface area contributed by atoms with Crippen molar-refractivity contribution in [1.29, 1.82) is 0 Å². The number of Topliss-reactive ketones (excluding diaryl/α,β-unsaturated/α-hetero) is 1. The second-order valence-electron chi connectivity index (χ2n) is 2.27. The van der Waals surface area contributed by atoms with Crippen LogP contribution in [0.5, 0.6) is 0 Å². The normalized spacial score (nSPS) is 12.6. The maximum atomic E-state index is 10.5. The summed E-state index contributed by atoms with van der Waals surface area (Å²) in [5.41, 5.74) is 5.33. The zero-order chi connectivity index (χ0) is 7.98. The molecule has 0 amide bonds. The number of ketones is 1. The Morgan fingerprint density at radius 2 is 2.30 bits per heavy atom. The Labute approximate surface area is 60.6 Å². The van der Waals surface area contributed by atoms with Crippen LogP contribution in [0, 0.1) is 0 Å². The van der Waals surface area contributed by atoms with Crippen LogP contribution >= 0.6 is 0 Å². The Bertz CT molecular complexity index is 123. The first-order valence-corrected chi connectivity index (χ1v) is 3.47. The van der Waals surface area contributed by atoms with Gasteiger partial charge in [0.05, 0.1) is 6.04 Å². The molecule has 0 aliphatic heterocycles. The summed E-state index contributed by atoms with van der Waals surface area (Å²) < 4.78 is 0. The third-order valence-electron chi connectivity index (χ3n) is 1.35. The van der Waals surface area contributed by atoms with Gasteiger partial charge in [0.15, 0.2) is 6.29 Å². The van der Waals surface area contributed by atoms with Gasteiger partial charge in [-0.1, -0.05) is 19.8 Å². The van der Waals surface area contributed by atoms with Crippen molar-refractivity contribution in [2.45, 2.75) is 32.2 Å². The quantitative estimate of drug-likeness (QED) is 0.444. The molecule has 0 fully saturated rings. The Kier molecular flexibility index (Phi) is 4.76. The van der Waals surface area contributed by atoms with E-state index in [2.05, 4.69) is 0 Å². The van der Waals surface area contributed by atoms with Gasteiger partial charge in [0.2, 0.25) is 5.78 Å². The van der Waals surface area contributed by atoms with Crippen molar-refractivity contribution in [2.24, 2.45) is 5.73 Å². The summed E-state index contributed by atoms with van der Waals surface area (Å²) in [6, 6.07) is -0.572. The summed E-state index contributed by atoms with van der Waals surface area (Å²) in [5.74, 6) is -0.492. The Hall–Kier alpha value is -0.700. The first-order chi connectivity index (χ1) is 4.72. The number of unbranched alkanes of at least 4 members (excludes halogenated alkanes) is 1. The fraction of sp³-hybridized carbons (Fsp3) is 0.714. The number of hydrogen-bond donors (Lipinski definition) is 1. The van der Waals surface area contributed by atoms with Gasteiger partial charge in [-0.25, -0.2) is 0 Å². The number of carbonyl (C=O) groups excluding carboxylic acids is 2. The van der Waals surface area contributed by atoms with Gasteiger partial charge < -0.3 is 5.73 Å². The van der Waals surface area contributed by atoms with Crippen LogP contribution in [0.2, 0.25) is 0 Å². The standard InChI is InChI=1S/C7H13NO2/c1-2-3-4-6(8)7(10)5-9/h5-6H,2-4,8H2,1H3. The molecule has 0 bridgehead atoms. The summed E-state index contributed by atoms with van der Waals surface area (Å²) in [7, 11) is 0. The van der Waals surface area contributed by atoms with Crippen LogP contribution in [0.25, 0.3) is 0 Å². The van der Waals surface area contributed by atoms with Crippen LogP contribution in [0.1, 0.15) is 26.2 Å². The summed E-state index contributed by atoms with van der Waals surface area (Å²) in [6.07, 6.45) is 2.81. The third kappa shape index (κ3) is 3.35. The highest BCUT2D eigenvalue weighted by Crippen LogP contribution is 1.97. The molecule has 10 heavy (non-hydrogen) atoms. The van der Waals surface area contributed by atoms with Crippen molar-refractivity contribution in [2.75, 3.05) is 0 Å². The van der Waals surface area contributed by atoms with Crippen molar-refractivity contribution < 1.29 is 9.59 Å². The molecule has 0 aliphatic rings. The van der Waals surface area contributed by atoms with E-state index < -0.39 is 11.8 Å². The van der Waals surface area contributed by atoms with Crippen molar-refractivity contribution in [3.63, 3.8) is 0 Å². The molecular formula is C7H13NO2. The second-order valence-corrected chi connectivity index (χ2v) is 2.27. The first-order valence-electron chi connectivity index (χ1n) is 3.47. The van der Waals surface area contributed by atoms with E-state index >= 15 is 0 Å². The fourth-order valence-electron chi connectivity index (χ4n) is 0.654. The fourth-order valence-corrected chi connectivity index (χ4v) is 0.654. The van der Waals surface area contributed by atoms with E-state index in [1.807, 2.05) is 6.92 Å². The molecule has 0 saturated heterocycles. The highest BCUT2D eigenvalue weighted by atomic mass is 16.2. The summed E-state index contributed by atoms with van der Waals surface area (Å²) in [6.45, 7) is 2.01. The van der Waals surface area contributed by atoms with Crippen LogP contribution in [0.4, 0.5) is 0 Å². The van der Waals surface area contributed by atoms with Crippen LogP contribution in [0.15, 0.2) is 0 Å². The molecule has 0 heterocycles. The molecule has 0 rings (SSSR count). The van der Waals surface area contributed by atoms with Crippen molar-refractivity contribution in [3.8, 4) is 0 Å². The molecule has 0 saturated carbocycles. The van der Waals surface area contributed by atoms with Crippen LogP contribution in [-0.4, -0.2) is 18.1 Å². The summed E-state index contributed by atoms with van der Waals surface area (Å²) in [5, 5.41) is 0. The molecule has 0 aromatic carbocycles. The predicted octanol–water partition coefficient (Wildman–Crippen LogP) is 0.272. The van der Waals surface area contributed by atoms with E-state index in [1.54, 1.807) is 0 Å². The molecule has 0 aromatic rings. The molecule has 2 N–H and O–H groups in total. The zero-order valence-electron chi connectivity index (χ0n) is 6.17. The molecule has 58 valence electrons. The Morgan fingerprint density at radius 3 is 2.70 bits per heavy atom. The predicted molar refractivity (Wildman–Crippen MR) is 38.6 cm³/mol. The second kappa shape index (κ2) is 5.11. The minimum absolute atomic E-state index is 0.292. The molecular weight excluding hydrogens is 130 g/mol. The van der Waals surface area contributed by atoms with E-state index in [0.717, 1.165) is 12.8 Å². The molecule has 0 aromatic heterocycles. The maximum Gasteiger partial charge on any atom is 0.211 e. The number of aldehydes is 1. The largest absolute Gasteiger partial charge is 0.321 e. The van der Waals surface area contributed by atoms with Crippen LogP contribution in [-0.2, 0) is 9.59 Å². The Morgan fingerprint density at radius 1 is 1.70 bits per heavy atom. The number of hydrogen-bond acceptors (Lipinski definition) is 3. The lowest BCUT2D eigenvalue weighted by Crippen LogP contribution is -2.30. The van der Waals surface area contributed by atoms with Gasteiger partial charge in [-0.3, -0.25) is 9.59 Å². The van der Waals surface area contributed by atoms with Crippen LogP contribution in [0.3, 0.4) is 0 Å². The van der Waals surface area contributed by atoms with Gasteiger partial charge in [-0.2, -0.15) is 0 Å². The average Bonchev–Trinajstić information content (AvgIpc) is 1.98. The summed E-state index contributed by atoms with van der Waals surface area (Å²) in [4.78, 5) is 20.4. The van der Waals surface area contributed by atoms with Gasteiger partial charge in [-0.15, -0.1) is 0 Å². The molecule has 1 unspecified atom stereocenters. The van der Waals surface area contributed by atoms with Gasteiger partial charge in [0.25, 0.3) is 0 Å². The molecule has 0 spiro atoms. The zero-order valence-corrected chi connectivity index (χ0v) is 6.17. The van der Waals surface area contributed by atoms with Crippen molar-refractivity contribution in [1.82, 2.24) is 0 Å². The number of carbonyl (C=O) groups is 2. The minimum Gasteiger partial charge on any atom is -0.321 e. The van der Waals surface area contributed by atoms with Gasteiger partial charge in [0.1, 0.15) is 0 Å². The molecule has 0 radical (unpaired) electrons. The van der Waals surface area contributed by atoms with E-state index in [0.29, 0.717) is 12.7 Å². The lowest BCUT2D eigenvalue weighted by Gasteiger charge is -2.03. The molecule has 1 atom stereocenters. The van der Waals surface area contributed by atoms with E-state index in [1.165, 1.54) is 0 Å². The monoisotopic (exact) mass is 143 g/mol. The number of rotatable bonds is 5. The van der Waals surface area contributed by atoms with Crippen LogP contribution < -0.4 is 5.73 Å². The van der Waals surface area contributed by atoms with E-state index in [-0.39, 0.29) is 0 Å². The lowest BCUT2D eigenvalue weighted by molar-refractivity contribution is -0.130. The lowest BCUT2D eigenvalue weighted by atomic mass is 10.1. The van der Waals surface area contributed by atoms with E-state index in [9.17, 15) is 9.59 Å². The van der Waals surface area contributed by atoms with E-state index in [4.69, 9.17) is 5.73 Å². The van der Waals surface area contributed by atoms with Crippen molar-refractivity contribution in [3.05, 3.63) is 0 Å². The van der Waals surface area contributed by atoms with Gasteiger partial charge >= 0.3 is 0 Å².